The van der Waals surface area contributed by atoms with Crippen LogP contribution in [0.4, 0.5) is 10.2 Å². The Hall–Kier alpha value is -2.47. The maximum atomic E-state index is 13.2. The lowest BCUT2D eigenvalue weighted by molar-refractivity contribution is 0.311. The highest BCUT2D eigenvalue weighted by molar-refractivity contribution is 5.67. The van der Waals surface area contributed by atoms with Crippen molar-refractivity contribution in [2.45, 2.75) is 0 Å². The van der Waals surface area contributed by atoms with Gasteiger partial charge in [-0.25, -0.2) is 9.37 Å². The molecule has 0 amide bonds. The Labute approximate surface area is 134 Å². The van der Waals surface area contributed by atoms with Crippen molar-refractivity contribution in [2.75, 3.05) is 38.1 Å². The molecule has 0 atom stereocenters. The van der Waals surface area contributed by atoms with Gasteiger partial charge in [0.2, 0.25) is 0 Å². The zero-order chi connectivity index (χ0) is 15.8. The lowest BCUT2D eigenvalue weighted by atomic mass is 10.1. The van der Waals surface area contributed by atoms with Crippen LogP contribution in [0.25, 0.3) is 16.9 Å². The van der Waals surface area contributed by atoms with Gasteiger partial charge in [-0.1, -0.05) is 0 Å². The van der Waals surface area contributed by atoms with Crippen molar-refractivity contribution in [1.82, 2.24) is 19.5 Å². The van der Waals surface area contributed by atoms with Gasteiger partial charge in [0, 0.05) is 43.9 Å². The van der Waals surface area contributed by atoms with E-state index in [1.807, 2.05) is 16.6 Å². The Morgan fingerprint density at radius 3 is 2.48 bits per heavy atom. The second-order valence-electron chi connectivity index (χ2n) is 5.90. The fraction of sp³-hybridized carbons (Fsp3) is 0.294. The van der Waals surface area contributed by atoms with Crippen LogP contribution in [0.2, 0.25) is 0 Å². The van der Waals surface area contributed by atoms with Gasteiger partial charge >= 0.3 is 0 Å². The summed E-state index contributed by atoms with van der Waals surface area (Å²) < 4.78 is 15.0. The van der Waals surface area contributed by atoms with E-state index in [1.54, 1.807) is 18.3 Å². The van der Waals surface area contributed by atoms with Crippen molar-refractivity contribution in [3.05, 3.63) is 48.4 Å². The van der Waals surface area contributed by atoms with Crippen molar-refractivity contribution in [3.63, 3.8) is 0 Å². The molecule has 1 fully saturated rings. The minimum atomic E-state index is -0.238. The van der Waals surface area contributed by atoms with Crippen LogP contribution in [-0.2, 0) is 0 Å². The van der Waals surface area contributed by atoms with Gasteiger partial charge in [0.1, 0.15) is 11.6 Å². The molecule has 1 aliphatic rings. The largest absolute Gasteiger partial charge is 0.354 e. The number of hydrogen-bond donors (Lipinski definition) is 0. The van der Waals surface area contributed by atoms with Crippen LogP contribution < -0.4 is 4.90 Å². The normalized spacial score (nSPS) is 16.2. The van der Waals surface area contributed by atoms with Crippen LogP contribution >= 0.6 is 0 Å². The van der Waals surface area contributed by atoms with Gasteiger partial charge in [0.05, 0.1) is 11.9 Å². The maximum Gasteiger partial charge on any atom is 0.157 e. The number of rotatable bonds is 2. The van der Waals surface area contributed by atoms with Crippen LogP contribution in [-0.4, -0.2) is 52.7 Å². The first-order chi connectivity index (χ1) is 11.2. The molecule has 1 saturated heterocycles. The lowest BCUT2D eigenvalue weighted by Gasteiger charge is -2.34. The molecule has 0 unspecified atom stereocenters. The van der Waals surface area contributed by atoms with Crippen LogP contribution in [0.1, 0.15) is 0 Å². The zero-order valence-electron chi connectivity index (χ0n) is 13.0. The van der Waals surface area contributed by atoms with E-state index in [2.05, 4.69) is 26.9 Å². The summed E-state index contributed by atoms with van der Waals surface area (Å²) in [6, 6.07) is 10.4. The van der Waals surface area contributed by atoms with E-state index in [1.165, 1.54) is 12.1 Å². The SMILES string of the molecule is CN1CCN(c2cc(-c3ccc(F)cc3)nc3ccnn23)CC1. The monoisotopic (exact) mass is 311 g/mol. The van der Waals surface area contributed by atoms with E-state index in [0.29, 0.717) is 0 Å². The van der Waals surface area contributed by atoms with E-state index in [9.17, 15) is 4.39 Å². The number of anilines is 1. The molecule has 3 aromatic rings. The smallest absolute Gasteiger partial charge is 0.157 e. The molecular weight excluding hydrogens is 293 g/mol. The van der Waals surface area contributed by atoms with E-state index >= 15 is 0 Å². The average Bonchev–Trinajstić information content (AvgIpc) is 3.04. The average molecular weight is 311 g/mol. The van der Waals surface area contributed by atoms with Crippen LogP contribution in [0.3, 0.4) is 0 Å². The van der Waals surface area contributed by atoms with Crippen molar-refractivity contribution in [2.24, 2.45) is 0 Å². The van der Waals surface area contributed by atoms with Gasteiger partial charge in [0.25, 0.3) is 0 Å². The van der Waals surface area contributed by atoms with Gasteiger partial charge in [-0.2, -0.15) is 9.61 Å². The van der Waals surface area contributed by atoms with Crippen molar-refractivity contribution < 1.29 is 4.39 Å². The molecule has 0 aliphatic carbocycles. The third-order valence-electron chi connectivity index (χ3n) is 4.31. The Morgan fingerprint density at radius 1 is 1.00 bits per heavy atom. The first-order valence-corrected chi connectivity index (χ1v) is 7.75. The topological polar surface area (TPSA) is 36.7 Å². The predicted octanol–water partition coefficient (Wildman–Crippen LogP) is 2.29. The molecule has 1 aliphatic heterocycles. The highest BCUT2D eigenvalue weighted by Gasteiger charge is 2.18. The number of likely N-dealkylation sites (N-methyl/N-ethyl adjacent to an activating group) is 1. The molecule has 118 valence electrons. The number of halogens is 1. The summed E-state index contributed by atoms with van der Waals surface area (Å²) >= 11 is 0. The summed E-state index contributed by atoms with van der Waals surface area (Å²) in [5.74, 6) is 0.797. The number of nitrogens with zero attached hydrogens (tertiary/aromatic N) is 5. The number of piperazine rings is 1. The summed E-state index contributed by atoms with van der Waals surface area (Å²) in [4.78, 5) is 9.29. The highest BCUT2D eigenvalue weighted by Crippen LogP contribution is 2.25. The van der Waals surface area contributed by atoms with Crippen molar-refractivity contribution >= 4 is 11.5 Å². The first kappa shape index (κ1) is 14.1. The maximum absolute atomic E-state index is 13.2. The lowest BCUT2D eigenvalue weighted by Crippen LogP contribution is -2.45. The van der Waals surface area contributed by atoms with Crippen LogP contribution in [0.5, 0.6) is 0 Å². The molecule has 3 heterocycles. The van der Waals surface area contributed by atoms with Gasteiger partial charge in [-0.05, 0) is 31.3 Å². The minimum Gasteiger partial charge on any atom is -0.354 e. The standard InChI is InChI=1S/C17H18FN5/c1-21-8-10-22(11-9-21)17-12-15(13-2-4-14(18)5-3-13)20-16-6-7-19-23(16)17/h2-7,12H,8-11H2,1H3. The van der Waals surface area contributed by atoms with E-state index < -0.39 is 0 Å². The predicted molar refractivity (Wildman–Crippen MR) is 88.1 cm³/mol. The van der Waals surface area contributed by atoms with Crippen LogP contribution in [0.15, 0.2) is 42.6 Å². The van der Waals surface area contributed by atoms with Gasteiger partial charge in [-0.15, -0.1) is 0 Å². The molecule has 0 spiro atoms. The minimum absolute atomic E-state index is 0.238. The highest BCUT2D eigenvalue weighted by atomic mass is 19.1. The summed E-state index contributed by atoms with van der Waals surface area (Å²) in [7, 11) is 2.14. The molecule has 0 saturated carbocycles. The molecule has 0 bridgehead atoms. The molecule has 4 rings (SSSR count). The fourth-order valence-corrected chi connectivity index (χ4v) is 2.93. The summed E-state index contributed by atoms with van der Waals surface area (Å²) in [5, 5.41) is 4.40. The zero-order valence-corrected chi connectivity index (χ0v) is 13.0. The van der Waals surface area contributed by atoms with Crippen molar-refractivity contribution in [1.29, 1.82) is 0 Å². The molecular formula is C17H18FN5. The number of aromatic nitrogens is 3. The Balaban J connectivity index is 1.79. The number of benzene rings is 1. The number of hydrogen-bond acceptors (Lipinski definition) is 4. The Bertz CT molecular complexity index is 819. The van der Waals surface area contributed by atoms with Crippen LogP contribution in [0, 0.1) is 5.82 Å². The van der Waals surface area contributed by atoms with E-state index in [-0.39, 0.29) is 5.82 Å². The molecule has 6 heteroatoms. The molecule has 5 nitrogen and oxygen atoms in total. The Kier molecular flexibility index (Phi) is 3.46. The molecule has 0 N–H and O–H groups in total. The summed E-state index contributed by atoms with van der Waals surface area (Å²) in [6.07, 6.45) is 1.76. The second kappa shape index (κ2) is 5.62. The first-order valence-electron chi connectivity index (χ1n) is 7.75. The molecule has 1 aromatic carbocycles. The van der Waals surface area contributed by atoms with E-state index in [0.717, 1.165) is 48.9 Å². The quantitative estimate of drug-likeness (QED) is 0.727. The molecule has 0 radical (unpaired) electrons. The number of fused-ring (bicyclic) bond motifs is 1. The fourth-order valence-electron chi connectivity index (χ4n) is 2.93. The Morgan fingerprint density at radius 2 is 1.74 bits per heavy atom. The van der Waals surface area contributed by atoms with Gasteiger partial charge < -0.3 is 9.80 Å². The summed E-state index contributed by atoms with van der Waals surface area (Å²) in [6.45, 7) is 3.96. The van der Waals surface area contributed by atoms with Crippen molar-refractivity contribution in [3.8, 4) is 11.3 Å². The van der Waals surface area contributed by atoms with E-state index in [4.69, 9.17) is 0 Å². The van der Waals surface area contributed by atoms with Gasteiger partial charge in [-0.3, -0.25) is 0 Å². The third kappa shape index (κ3) is 2.66. The molecule has 23 heavy (non-hydrogen) atoms. The summed E-state index contributed by atoms with van der Waals surface area (Å²) in [5.41, 5.74) is 2.55. The third-order valence-corrected chi connectivity index (χ3v) is 4.31. The van der Waals surface area contributed by atoms with Gasteiger partial charge in [0.15, 0.2) is 5.65 Å². The molecule has 2 aromatic heterocycles. The second-order valence-corrected chi connectivity index (χ2v) is 5.90.